The van der Waals surface area contributed by atoms with Gasteiger partial charge in [-0.25, -0.2) is 0 Å². The number of carboxylic acid groups (broad SMARTS) is 1. The summed E-state index contributed by atoms with van der Waals surface area (Å²) in [5, 5.41) is 10.4. The van der Waals surface area contributed by atoms with E-state index >= 15 is 0 Å². The number of nitrogens with one attached hydrogen (secondary N) is 1. The smallest absolute Gasteiger partial charge is 0.471 e. The Morgan fingerprint density at radius 1 is 1.25 bits per heavy atom. The third-order valence-electron chi connectivity index (χ3n) is 2.41. The predicted octanol–water partition coefficient (Wildman–Crippen LogP) is 2.51. The van der Waals surface area contributed by atoms with E-state index in [1.807, 2.05) is 0 Å². The molecule has 1 aromatic carbocycles. The minimum absolute atomic E-state index is 0.00139. The van der Waals surface area contributed by atoms with Gasteiger partial charge in [-0.2, -0.15) is 13.2 Å². The van der Waals surface area contributed by atoms with E-state index in [1.54, 1.807) is 29.6 Å². The van der Waals surface area contributed by atoms with Crippen molar-refractivity contribution < 1.29 is 27.9 Å². The van der Waals surface area contributed by atoms with Crippen LogP contribution in [0.1, 0.15) is 12.0 Å². The normalized spacial score (nSPS) is 12.8. The maximum atomic E-state index is 12.2. The molecule has 2 N–H and O–H groups in total. The lowest BCUT2D eigenvalue weighted by molar-refractivity contribution is -0.174. The Morgan fingerprint density at radius 3 is 2.25 bits per heavy atom. The Labute approximate surface area is 121 Å². The van der Waals surface area contributed by atoms with Crippen LogP contribution in [0.4, 0.5) is 13.2 Å². The Balaban J connectivity index is 2.76. The zero-order chi connectivity index (χ0) is 15.3. The van der Waals surface area contributed by atoms with Crippen LogP contribution in [0.5, 0.6) is 0 Å². The second kappa shape index (κ2) is 6.74. The second-order valence-electron chi connectivity index (χ2n) is 4.10. The third-order valence-corrected chi connectivity index (χ3v) is 2.94. The molecule has 0 saturated heterocycles. The molecule has 0 unspecified atom stereocenters. The van der Waals surface area contributed by atoms with Crippen LogP contribution in [0.25, 0.3) is 0 Å². The number of carbonyl (C=O) groups excluding carboxylic acids is 1. The molecule has 0 heterocycles. The minimum atomic E-state index is -5.03. The lowest BCUT2D eigenvalue weighted by atomic mass is 10.0. The van der Waals surface area contributed by atoms with Gasteiger partial charge in [-0.15, -0.1) is 0 Å². The largest absolute Gasteiger partial charge is 0.481 e. The van der Waals surface area contributed by atoms with E-state index in [9.17, 15) is 22.8 Å². The first kappa shape index (κ1) is 16.5. The van der Waals surface area contributed by atoms with E-state index < -0.39 is 30.5 Å². The van der Waals surface area contributed by atoms with Gasteiger partial charge in [-0.1, -0.05) is 28.1 Å². The number of aliphatic carboxylic acids is 1. The summed E-state index contributed by atoms with van der Waals surface area (Å²) < 4.78 is 37.3. The fourth-order valence-electron chi connectivity index (χ4n) is 1.56. The molecule has 0 radical (unpaired) electrons. The fraction of sp³-hybridized carbons (Fsp3) is 0.333. The lowest BCUT2D eigenvalue weighted by Gasteiger charge is -2.18. The topological polar surface area (TPSA) is 66.4 Å². The average molecular weight is 354 g/mol. The van der Waals surface area contributed by atoms with Gasteiger partial charge in [-0.3, -0.25) is 9.59 Å². The standard InChI is InChI=1S/C12H11BrF3NO3/c13-8-3-1-7(2-4-8)5-9(6-10(18)19)17-11(20)12(14,15)16/h1-4,9H,5-6H2,(H,17,20)(H,18,19)/t9-/m1/s1. The van der Waals surface area contributed by atoms with Crippen molar-refractivity contribution in [2.45, 2.75) is 25.1 Å². The molecule has 0 spiro atoms. The van der Waals surface area contributed by atoms with Crippen molar-refractivity contribution >= 4 is 27.8 Å². The van der Waals surface area contributed by atoms with Crippen molar-refractivity contribution in [3.05, 3.63) is 34.3 Å². The highest BCUT2D eigenvalue weighted by atomic mass is 79.9. The SMILES string of the molecule is O=C(O)C[C@@H](Cc1ccc(Br)cc1)NC(=O)C(F)(F)F. The first-order chi connectivity index (χ1) is 9.18. The monoisotopic (exact) mass is 353 g/mol. The number of rotatable bonds is 5. The zero-order valence-electron chi connectivity index (χ0n) is 10.1. The van der Waals surface area contributed by atoms with E-state index in [-0.39, 0.29) is 6.42 Å². The van der Waals surface area contributed by atoms with Gasteiger partial charge in [-0.05, 0) is 24.1 Å². The summed E-state index contributed by atoms with van der Waals surface area (Å²) in [5.41, 5.74) is 0.627. The van der Waals surface area contributed by atoms with Crippen LogP contribution in [0.3, 0.4) is 0 Å². The van der Waals surface area contributed by atoms with Crippen LogP contribution in [0.2, 0.25) is 0 Å². The molecular weight excluding hydrogens is 343 g/mol. The van der Waals surface area contributed by atoms with Crippen molar-refractivity contribution in [3.63, 3.8) is 0 Å². The summed E-state index contributed by atoms with van der Waals surface area (Å²) >= 11 is 3.21. The van der Waals surface area contributed by atoms with Gasteiger partial charge in [0, 0.05) is 10.5 Å². The van der Waals surface area contributed by atoms with Crippen molar-refractivity contribution in [2.75, 3.05) is 0 Å². The summed E-state index contributed by atoms with van der Waals surface area (Å²) in [6.45, 7) is 0. The van der Waals surface area contributed by atoms with E-state index in [2.05, 4.69) is 15.9 Å². The molecule has 0 aromatic heterocycles. The Hall–Kier alpha value is -1.57. The Morgan fingerprint density at radius 2 is 1.80 bits per heavy atom. The zero-order valence-corrected chi connectivity index (χ0v) is 11.7. The van der Waals surface area contributed by atoms with E-state index in [4.69, 9.17) is 5.11 Å². The summed E-state index contributed by atoms with van der Waals surface area (Å²) in [5.74, 6) is -3.42. The number of alkyl halides is 3. The molecule has 8 heteroatoms. The number of halogens is 4. The van der Waals surface area contributed by atoms with Gasteiger partial charge in [0.05, 0.1) is 6.42 Å². The van der Waals surface area contributed by atoms with Gasteiger partial charge in [0.2, 0.25) is 0 Å². The molecule has 0 saturated carbocycles. The average Bonchev–Trinajstić information content (AvgIpc) is 2.30. The van der Waals surface area contributed by atoms with E-state index in [0.717, 1.165) is 4.47 Å². The molecule has 1 aromatic rings. The van der Waals surface area contributed by atoms with E-state index in [1.165, 1.54) is 0 Å². The highest BCUT2D eigenvalue weighted by molar-refractivity contribution is 9.10. The molecule has 1 amide bonds. The summed E-state index contributed by atoms with van der Waals surface area (Å²) in [6, 6.07) is 5.51. The van der Waals surface area contributed by atoms with Crippen LogP contribution in [-0.2, 0) is 16.0 Å². The van der Waals surface area contributed by atoms with Crippen molar-refractivity contribution in [1.82, 2.24) is 5.32 Å². The molecule has 4 nitrogen and oxygen atoms in total. The summed E-state index contributed by atoms with van der Waals surface area (Å²) in [4.78, 5) is 21.5. The minimum Gasteiger partial charge on any atom is -0.481 e. The van der Waals surface area contributed by atoms with Gasteiger partial charge in [0.1, 0.15) is 0 Å². The molecule has 0 fully saturated rings. The first-order valence-corrected chi connectivity index (χ1v) is 6.31. The van der Waals surface area contributed by atoms with Gasteiger partial charge < -0.3 is 10.4 Å². The van der Waals surface area contributed by atoms with Crippen LogP contribution < -0.4 is 5.32 Å². The molecule has 0 aliphatic heterocycles. The maximum Gasteiger partial charge on any atom is 0.471 e. The summed E-state index contributed by atoms with van der Waals surface area (Å²) in [6.07, 6.45) is -5.62. The highest BCUT2D eigenvalue weighted by Crippen LogP contribution is 2.17. The number of benzene rings is 1. The highest BCUT2D eigenvalue weighted by Gasteiger charge is 2.39. The predicted molar refractivity (Wildman–Crippen MR) is 68.1 cm³/mol. The quantitative estimate of drug-likeness (QED) is 0.854. The lowest BCUT2D eigenvalue weighted by Crippen LogP contribution is -2.45. The molecule has 0 bridgehead atoms. The molecule has 1 rings (SSSR count). The number of amides is 1. The van der Waals surface area contributed by atoms with Crippen LogP contribution in [-0.4, -0.2) is 29.2 Å². The van der Waals surface area contributed by atoms with Crippen LogP contribution >= 0.6 is 15.9 Å². The number of carboxylic acids is 1. The molecule has 1 atom stereocenters. The maximum absolute atomic E-state index is 12.2. The van der Waals surface area contributed by atoms with E-state index in [0.29, 0.717) is 5.56 Å². The van der Waals surface area contributed by atoms with Crippen molar-refractivity contribution in [2.24, 2.45) is 0 Å². The van der Waals surface area contributed by atoms with Gasteiger partial charge >= 0.3 is 18.1 Å². The van der Waals surface area contributed by atoms with Crippen molar-refractivity contribution in [3.8, 4) is 0 Å². The molecular formula is C12H11BrF3NO3. The fourth-order valence-corrected chi connectivity index (χ4v) is 1.82. The van der Waals surface area contributed by atoms with Crippen LogP contribution in [0.15, 0.2) is 28.7 Å². The second-order valence-corrected chi connectivity index (χ2v) is 5.01. The van der Waals surface area contributed by atoms with Crippen LogP contribution in [0, 0.1) is 0 Å². The molecule has 20 heavy (non-hydrogen) atoms. The van der Waals surface area contributed by atoms with Crippen molar-refractivity contribution in [1.29, 1.82) is 0 Å². The third kappa shape index (κ3) is 5.60. The molecule has 0 aliphatic carbocycles. The first-order valence-electron chi connectivity index (χ1n) is 5.52. The summed E-state index contributed by atoms with van der Waals surface area (Å²) in [7, 11) is 0. The van der Waals surface area contributed by atoms with Gasteiger partial charge in [0.15, 0.2) is 0 Å². The number of hydrogen-bond acceptors (Lipinski definition) is 2. The number of carbonyl (C=O) groups is 2. The Bertz CT molecular complexity index is 488. The number of hydrogen-bond donors (Lipinski definition) is 2. The molecule has 0 aliphatic rings. The molecule has 110 valence electrons. The van der Waals surface area contributed by atoms with Gasteiger partial charge in [0.25, 0.3) is 0 Å². The Kier molecular flexibility index (Phi) is 5.55.